The van der Waals surface area contributed by atoms with E-state index in [1.54, 1.807) is 0 Å². The Morgan fingerprint density at radius 2 is 1.54 bits per heavy atom. The van der Waals surface area contributed by atoms with Crippen LogP contribution in [-0.4, -0.2) is 0 Å². The summed E-state index contributed by atoms with van der Waals surface area (Å²) in [5.41, 5.74) is 6.77. The van der Waals surface area contributed by atoms with E-state index < -0.39 is 0 Å². The van der Waals surface area contributed by atoms with Crippen LogP contribution in [0.3, 0.4) is 0 Å². The molecule has 1 aromatic carbocycles. The average Bonchev–Trinajstić information content (AvgIpc) is 2.17. The zero-order chi connectivity index (χ0) is 9.84. The first kappa shape index (κ1) is 10.3. The summed E-state index contributed by atoms with van der Waals surface area (Å²) in [6, 6.07) is 9.24. The number of hydrogen-bond donors (Lipinski definition) is 1. The van der Waals surface area contributed by atoms with Gasteiger partial charge in [0.2, 0.25) is 0 Å². The highest BCUT2D eigenvalue weighted by Crippen LogP contribution is 2.19. The summed E-state index contributed by atoms with van der Waals surface area (Å²) >= 11 is 0. The van der Waals surface area contributed by atoms with Gasteiger partial charge in [-0.2, -0.15) is 0 Å². The number of quaternary nitrogens is 1. The van der Waals surface area contributed by atoms with E-state index in [0.717, 1.165) is 0 Å². The molecule has 0 spiro atoms. The normalized spacial score (nSPS) is 15.4. The molecule has 0 aliphatic rings. The van der Waals surface area contributed by atoms with Gasteiger partial charge in [-0.15, -0.1) is 0 Å². The van der Waals surface area contributed by atoms with Gasteiger partial charge in [0, 0.05) is 5.56 Å². The Kier molecular flexibility index (Phi) is 3.49. The first-order chi connectivity index (χ1) is 6.15. The molecule has 0 saturated heterocycles. The summed E-state index contributed by atoms with van der Waals surface area (Å²) in [4.78, 5) is 0. The van der Waals surface area contributed by atoms with Crippen molar-refractivity contribution in [3.63, 3.8) is 0 Å². The van der Waals surface area contributed by atoms with Crippen LogP contribution in [0.25, 0.3) is 0 Å². The minimum absolute atomic E-state index is 0.394. The lowest BCUT2D eigenvalue weighted by Gasteiger charge is -2.09. The van der Waals surface area contributed by atoms with Crippen LogP contribution in [0.5, 0.6) is 0 Å². The predicted molar refractivity (Wildman–Crippen MR) is 56.5 cm³/mol. The molecule has 0 radical (unpaired) electrons. The molecule has 1 aromatic rings. The standard InChI is InChI=1S/C12H19N/c1-4-9(2)11-5-7-12(8-6-11)10(3)13/h5-10H,4,13H2,1-3H3/p+1/t9-,10+/m0/s1. The molecular formula is C12H20N+. The van der Waals surface area contributed by atoms with Crippen LogP contribution >= 0.6 is 0 Å². The van der Waals surface area contributed by atoms with Gasteiger partial charge in [0.25, 0.3) is 0 Å². The van der Waals surface area contributed by atoms with E-state index in [0.29, 0.717) is 12.0 Å². The quantitative estimate of drug-likeness (QED) is 0.736. The highest BCUT2D eigenvalue weighted by atomic mass is 14.6. The topological polar surface area (TPSA) is 27.6 Å². The number of hydrogen-bond acceptors (Lipinski definition) is 0. The van der Waals surface area contributed by atoms with Gasteiger partial charge in [0.1, 0.15) is 6.04 Å². The minimum atomic E-state index is 0.394. The largest absolute Gasteiger partial charge is 0.352 e. The van der Waals surface area contributed by atoms with Gasteiger partial charge in [-0.25, -0.2) is 0 Å². The van der Waals surface area contributed by atoms with E-state index >= 15 is 0 Å². The van der Waals surface area contributed by atoms with Crippen LogP contribution < -0.4 is 5.73 Å². The fraction of sp³-hybridized carbons (Fsp3) is 0.500. The van der Waals surface area contributed by atoms with Crippen molar-refractivity contribution in [1.29, 1.82) is 0 Å². The molecule has 0 unspecified atom stereocenters. The van der Waals surface area contributed by atoms with Crippen LogP contribution in [-0.2, 0) is 0 Å². The van der Waals surface area contributed by atoms with E-state index in [9.17, 15) is 0 Å². The molecule has 0 aromatic heterocycles. The highest BCUT2D eigenvalue weighted by Gasteiger charge is 2.05. The Balaban J connectivity index is 2.81. The predicted octanol–water partition coefficient (Wildman–Crippen LogP) is 2.50. The summed E-state index contributed by atoms with van der Waals surface area (Å²) in [6.45, 7) is 6.61. The third-order valence-electron chi connectivity index (χ3n) is 2.69. The van der Waals surface area contributed by atoms with Crippen molar-refractivity contribution in [2.75, 3.05) is 0 Å². The Labute approximate surface area is 81.0 Å². The van der Waals surface area contributed by atoms with Gasteiger partial charge in [-0.1, -0.05) is 38.1 Å². The summed E-state index contributed by atoms with van der Waals surface area (Å²) in [5.74, 6) is 0.675. The van der Waals surface area contributed by atoms with E-state index in [1.165, 1.54) is 17.5 Å². The summed E-state index contributed by atoms with van der Waals surface area (Å²) in [7, 11) is 0. The van der Waals surface area contributed by atoms with Crippen molar-refractivity contribution in [1.82, 2.24) is 0 Å². The molecule has 3 N–H and O–H groups in total. The van der Waals surface area contributed by atoms with Gasteiger partial charge >= 0.3 is 0 Å². The van der Waals surface area contributed by atoms with Crippen LogP contribution in [0.1, 0.15) is 50.3 Å². The lowest BCUT2D eigenvalue weighted by atomic mass is 9.96. The maximum absolute atomic E-state index is 4.00. The zero-order valence-electron chi connectivity index (χ0n) is 8.88. The monoisotopic (exact) mass is 178 g/mol. The molecule has 0 fully saturated rings. The summed E-state index contributed by atoms with van der Waals surface area (Å²) in [6.07, 6.45) is 1.21. The van der Waals surface area contributed by atoms with Crippen molar-refractivity contribution in [2.24, 2.45) is 0 Å². The molecular weight excluding hydrogens is 158 g/mol. The lowest BCUT2D eigenvalue weighted by molar-refractivity contribution is -0.420. The molecule has 0 bridgehead atoms. The third-order valence-corrected chi connectivity index (χ3v) is 2.69. The average molecular weight is 178 g/mol. The second-order valence-electron chi connectivity index (χ2n) is 3.88. The Morgan fingerprint density at radius 1 is 1.08 bits per heavy atom. The maximum atomic E-state index is 4.00. The van der Waals surface area contributed by atoms with E-state index in [2.05, 4.69) is 50.8 Å². The Hall–Kier alpha value is -0.820. The maximum Gasteiger partial charge on any atom is 0.107 e. The highest BCUT2D eigenvalue weighted by molar-refractivity contribution is 5.25. The van der Waals surface area contributed by atoms with Crippen molar-refractivity contribution in [2.45, 2.75) is 39.2 Å². The van der Waals surface area contributed by atoms with E-state index in [1.807, 2.05) is 0 Å². The summed E-state index contributed by atoms with van der Waals surface area (Å²) < 4.78 is 0. The molecule has 0 amide bonds. The van der Waals surface area contributed by atoms with Gasteiger partial charge in [-0.05, 0) is 24.8 Å². The molecule has 0 saturated carbocycles. The van der Waals surface area contributed by atoms with E-state index in [-0.39, 0.29) is 0 Å². The molecule has 0 aliphatic carbocycles. The molecule has 0 heterocycles. The van der Waals surface area contributed by atoms with Gasteiger partial charge in [0.05, 0.1) is 0 Å². The fourth-order valence-corrected chi connectivity index (χ4v) is 1.39. The van der Waals surface area contributed by atoms with Crippen LogP contribution in [0.2, 0.25) is 0 Å². The lowest BCUT2D eigenvalue weighted by Crippen LogP contribution is -2.51. The van der Waals surface area contributed by atoms with Crippen molar-refractivity contribution < 1.29 is 5.73 Å². The van der Waals surface area contributed by atoms with Crippen molar-refractivity contribution in [3.8, 4) is 0 Å². The van der Waals surface area contributed by atoms with Crippen LogP contribution in [0.15, 0.2) is 24.3 Å². The van der Waals surface area contributed by atoms with Crippen LogP contribution in [0, 0.1) is 0 Å². The molecule has 72 valence electrons. The smallest absolute Gasteiger partial charge is 0.107 e. The van der Waals surface area contributed by atoms with Crippen molar-refractivity contribution in [3.05, 3.63) is 35.4 Å². The number of rotatable bonds is 3. The zero-order valence-corrected chi connectivity index (χ0v) is 8.88. The minimum Gasteiger partial charge on any atom is -0.352 e. The second-order valence-corrected chi connectivity index (χ2v) is 3.88. The van der Waals surface area contributed by atoms with Gasteiger partial charge < -0.3 is 5.73 Å². The third kappa shape index (κ3) is 2.56. The molecule has 2 atom stereocenters. The molecule has 1 nitrogen and oxygen atoms in total. The molecule has 13 heavy (non-hydrogen) atoms. The molecule has 0 aliphatic heterocycles. The van der Waals surface area contributed by atoms with E-state index in [4.69, 9.17) is 0 Å². The molecule has 1 rings (SSSR count). The van der Waals surface area contributed by atoms with Crippen LogP contribution in [0.4, 0.5) is 0 Å². The second kappa shape index (κ2) is 4.43. The van der Waals surface area contributed by atoms with Gasteiger partial charge in [0.15, 0.2) is 0 Å². The Morgan fingerprint density at radius 3 is 1.92 bits per heavy atom. The molecule has 1 heteroatoms. The first-order valence-corrected chi connectivity index (χ1v) is 5.08. The summed E-state index contributed by atoms with van der Waals surface area (Å²) in [5, 5.41) is 0. The van der Waals surface area contributed by atoms with Crippen molar-refractivity contribution >= 4 is 0 Å². The van der Waals surface area contributed by atoms with Gasteiger partial charge in [-0.3, -0.25) is 0 Å². The first-order valence-electron chi connectivity index (χ1n) is 5.08. The Bertz CT molecular complexity index is 248. The fourth-order valence-electron chi connectivity index (χ4n) is 1.39. The SMILES string of the molecule is CC[C@H](C)c1ccc([C@@H](C)[NH3+])cc1. The number of benzene rings is 1.